The number of hydrogen-bond donors (Lipinski definition) is 0. The average Bonchev–Trinajstić information content (AvgIpc) is 2.88. The Morgan fingerprint density at radius 1 is 1.36 bits per heavy atom. The molecule has 1 aliphatic rings. The predicted molar refractivity (Wildman–Crippen MR) is 87.6 cm³/mol. The number of sulfonamides is 1. The van der Waals surface area contributed by atoms with E-state index in [4.69, 9.17) is 4.74 Å². The number of aryl methyl sites for hydroxylation is 1. The molecule has 2 atom stereocenters. The molecular formula is C15H20BrNO4S. The van der Waals surface area contributed by atoms with E-state index in [2.05, 4.69) is 22.9 Å². The Morgan fingerprint density at radius 2 is 2.00 bits per heavy atom. The third kappa shape index (κ3) is 3.46. The largest absolute Gasteiger partial charge is 0.446 e. The van der Waals surface area contributed by atoms with Gasteiger partial charge in [0, 0.05) is 4.83 Å². The van der Waals surface area contributed by atoms with E-state index in [0.29, 0.717) is 0 Å². The number of amides is 1. The first-order valence-electron chi connectivity index (χ1n) is 7.30. The smallest absolute Gasteiger partial charge is 0.424 e. The Morgan fingerprint density at radius 3 is 2.59 bits per heavy atom. The highest BCUT2D eigenvalue weighted by Crippen LogP contribution is 2.30. The van der Waals surface area contributed by atoms with Crippen LogP contribution in [-0.2, 0) is 14.8 Å². The van der Waals surface area contributed by atoms with Crippen molar-refractivity contribution in [1.29, 1.82) is 0 Å². The first kappa shape index (κ1) is 17.3. The van der Waals surface area contributed by atoms with Crippen LogP contribution in [0.15, 0.2) is 29.2 Å². The molecule has 0 bridgehead atoms. The van der Waals surface area contributed by atoms with Crippen LogP contribution in [0.2, 0.25) is 0 Å². The van der Waals surface area contributed by atoms with Crippen molar-refractivity contribution in [3.8, 4) is 0 Å². The van der Waals surface area contributed by atoms with Gasteiger partial charge in [0.05, 0.1) is 10.9 Å². The van der Waals surface area contributed by atoms with Gasteiger partial charge < -0.3 is 4.74 Å². The van der Waals surface area contributed by atoms with Gasteiger partial charge in [-0.15, -0.1) is 0 Å². The first-order chi connectivity index (χ1) is 10.4. The molecule has 0 aliphatic carbocycles. The summed E-state index contributed by atoms with van der Waals surface area (Å²) in [6.07, 6.45) is 1.96. The molecule has 1 aliphatic heterocycles. The van der Waals surface area contributed by atoms with Crippen molar-refractivity contribution in [3.63, 3.8) is 0 Å². The van der Waals surface area contributed by atoms with Crippen LogP contribution in [0.1, 0.15) is 31.7 Å². The number of carbonyl (C=O) groups excluding carboxylic acids is 1. The van der Waals surface area contributed by atoms with Gasteiger partial charge in [0.15, 0.2) is 0 Å². The number of nitrogens with zero attached hydrogens (tertiary/aromatic N) is 1. The van der Waals surface area contributed by atoms with Crippen molar-refractivity contribution in [2.24, 2.45) is 0 Å². The predicted octanol–water partition coefficient (Wildman–Crippen LogP) is 3.46. The van der Waals surface area contributed by atoms with Gasteiger partial charge in [-0.3, -0.25) is 0 Å². The molecular weight excluding hydrogens is 370 g/mol. The molecule has 1 saturated heterocycles. The number of halogens is 1. The molecule has 0 N–H and O–H groups in total. The van der Waals surface area contributed by atoms with Crippen molar-refractivity contribution >= 4 is 32.0 Å². The number of rotatable bonds is 6. The molecule has 0 aromatic heterocycles. The fourth-order valence-electron chi connectivity index (χ4n) is 2.37. The van der Waals surface area contributed by atoms with E-state index in [9.17, 15) is 13.2 Å². The first-order valence-corrected chi connectivity index (χ1v) is 9.65. The summed E-state index contributed by atoms with van der Waals surface area (Å²) in [6.45, 7) is 4.03. The number of carbonyl (C=O) groups is 1. The quantitative estimate of drug-likeness (QED) is 0.698. The van der Waals surface area contributed by atoms with E-state index >= 15 is 0 Å². The van der Waals surface area contributed by atoms with Crippen molar-refractivity contribution in [2.75, 3.05) is 6.61 Å². The number of unbranched alkanes of at least 4 members (excludes halogenated alkanes) is 1. The summed E-state index contributed by atoms with van der Waals surface area (Å²) in [6, 6.07) is 5.95. The van der Waals surface area contributed by atoms with Crippen molar-refractivity contribution < 1.29 is 17.9 Å². The molecule has 122 valence electrons. The molecule has 2 rings (SSSR count). The molecule has 1 amide bonds. The average molecular weight is 390 g/mol. The van der Waals surface area contributed by atoms with E-state index in [1.165, 1.54) is 12.1 Å². The van der Waals surface area contributed by atoms with Crippen molar-refractivity contribution in [2.45, 2.75) is 48.9 Å². The van der Waals surface area contributed by atoms with Gasteiger partial charge in [-0.25, -0.2) is 13.2 Å². The van der Waals surface area contributed by atoms with Gasteiger partial charge in [-0.2, -0.15) is 4.31 Å². The van der Waals surface area contributed by atoms with Gasteiger partial charge >= 0.3 is 6.09 Å². The minimum absolute atomic E-state index is 0.0869. The van der Waals surface area contributed by atoms with E-state index in [0.717, 1.165) is 29.1 Å². The number of hydrogen-bond acceptors (Lipinski definition) is 4. The number of cyclic esters (lactones) is 1. The molecule has 5 nitrogen and oxygen atoms in total. The summed E-state index contributed by atoms with van der Waals surface area (Å²) < 4.78 is 31.4. The summed E-state index contributed by atoms with van der Waals surface area (Å²) in [5, 5.41) is 0. The maximum Gasteiger partial charge on any atom is 0.424 e. The van der Waals surface area contributed by atoms with Gasteiger partial charge in [-0.1, -0.05) is 53.4 Å². The van der Waals surface area contributed by atoms with Crippen LogP contribution in [0, 0.1) is 6.92 Å². The lowest BCUT2D eigenvalue weighted by Crippen LogP contribution is -2.43. The Bertz CT molecular complexity index is 629. The second-order valence-electron chi connectivity index (χ2n) is 5.42. The highest BCUT2D eigenvalue weighted by atomic mass is 79.9. The molecule has 1 aromatic rings. The van der Waals surface area contributed by atoms with Crippen molar-refractivity contribution in [1.82, 2.24) is 4.31 Å². The van der Waals surface area contributed by atoms with E-state index in [-0.39, 0.29) is 16.3 Å². The molecule has 0 saturated carbocycles. The summed E-state index contributed by atoms with van der Waals surface area (Å²) in [5.41, 5.74) is 0.959. The Hall–Kier alpha value is -1.08. The van der Waals surface area contributed by atoms with Gasteiger partial charge in [-0.05, 0) is 25.5 Å². The van der Waals surface area contributed by atoms with Crippen LogP contribution in [0.25, 0.3) is 0 Å². The summed E-state index contributed by atoms with van der Waals surface area (Å²) in [7, 11) is -3.90. The molecule has 1 heterocycles. The molecule has 7 heteroatoms. The minimum Gasteiger partial charge on any atom is -0.446 e. The fraction of sp³-hybridized carbons (Fsp3) is 0.533. The second kappa shape index (κ2) is 7.00. The maximum atomic E-state index is 12.7. The monoisotopic (exact) mass is 389 g/mol. The van der Waals surface area contributed by atoms with Crippen LogP contribution >= 0.6 is 15.9 Å². The molecule has 22 heavy (non-hydrogen) atoms. The highest BCUT2D eigenvalue weighted by Gasteiger charge is 2.45. The maximum absolute atomic E-state index is 12.7. The number of benzene rings is 1. The van der Waals surface area contributed by atoms with E-state index < -0.39 is 22.2 Å². The normalized spacial score (nSPS) is 20.0. The summed E-state index contributed by atoms with van der Waals surface area (Å²) in [4.78, 5) is 12.0. The second-order valence-corrected chi connectivity index (χ2v) is 8.41. The van der Waals surface area contributed by atoms with E-state index in [1.54, 1.807) is 12.1 Å². The molecule has 2 unspecified atom stereocenters. The van der Waals surface area contributed by atoms with Crippen LogP contribution in [-0.4, -0.2) is 36.3 Å². The van der Waals surface area contributed by atoms with Crippen LogP contribution in [0.5, 0.6) is 0 Å². The fourth-order valence-corrected chi connectivity index (χ4v) is 4.76. The van der Waals surface area contributed by atoms with Gasteiger partial charge in [0.2, 0.25) is 0 Å². The topological polar surface area (TPSA) is 63.7 Å². The molecule has 1 fully saturated rings. The Kier molecular flexibility index (Phi) is 5.50. The minimum atomic E-state index is -3.90. The third-order valence-electron chi connectivity index (χ3n) is 3.69. The van der Waals surface area contributed by atoms with Crippen LogP contribution in [0.4, 0.5) is 4.79 Å². The van der Waals surface area contributed by atoms with Crippen LogP contribution in [0.3, 0.4) is 0 Å². The summed E-state index contributed by atoms with van der Waals surface area (Å²) in [5.74, 6) is 0. The third-order valence-corrected chi connectivity index (χ3v) is 6.56. The zero-order valence-electron chi connectivity index (χ0n) is 12.7. The standard InChI is InChI=1S/C15H20BrNO4S/c1-3-4-5-13(16)14-10-21-15(18)17(14)22(19,20)12-8-6-11(2)7-9-12/h6-9,13-14H,3-5,10H2,1-2H3. The lowest BCUT2D eigenvalue weighted by molar-refractivity contribution is 0.170. The zero-order valence-corrected chi connectivity index (χ0v) is 15.1. The van der Waals surface area contributed by atoms with Gasteiger partial charge in [0.25, 0.3) is 10.0 Å². The molecule has 1 aromatic carbocycles. The SMILES string of the molecule is CCCCC(Br)C1COC(=O)N1S(=O)(=O)c1ccc(C)cc1. The lowest BCUT2D eigenvalue weighted by atomic mass is 10.1. The molecule has 0 radical (unpaired) electrons. The van der Waals surface area contributed by atoms with E-state index in [1.807, 2.05) is 6.92 Å². The van der Waals surface area contributed by atoms with Crippen LogP contribution < -0.4 is 0 Å². The van der Waals surface area contributed by atoms with Gasteiger partial charge in [0.1, 0.15) is 6.61 Å². The number of ether oxygens (including phenoxy) is 1. The summed E-state index contributed by atoms with van der Waals surface area (Å²) >= 11 is 3.51. The zero-order chi connectivity index (χ0) is 16.3. The highest BCUT2D eigenvalue weighted by molar-refractivity contribution is 9.09. The lowest BCUT2D eigenvalue weighted by Gasteiger charge is -2.25. The van der Waals surface area contributed by atoms with Crippen molar-refractivity contribution in [3.05, 3.63) is 29.8 Å². The number of alkyl halides is 1. The molecule has 0 spiro atoms. The Labute approximate surface area is 139 Å². The Balaban J connectivity index is 2.30.